The molecule has 1 saturated heterocycles. The highest BCUT2D eigenvalue weighted by molar-refractivity contribution is 7.22. The minimum absolute atomic E-state index is 0.0426. The molecule has 13 heteroatoms. The first kappa shape index (κ1) is 35.6. The van der Waals surface area contributed by atoms with E-state index >= 15 is 0 Å². The average Bonchev–Trinajstić information content (AvgIpc) is 3.90. The van der Waals surface area contributed by atoms with Gasteiger partial charge in [-0.05, 0) is 86.3 Å². The van der Waals surface area contributed by atoms with Crippen molar-refractivity contribution in [2.75, 3.05) is 42.1 Å². The number of hydrogen-bond donors (Lipinski definition) is 3. The van der Waals surface area contributed by atoms with E-state index in [9.17, 15) is 14.4 Å². The second-order valence-electron chi connectivity index (χ2n) is 12.9. The van der Waals surface area contributed by atoms with Gasteiger partial charge in [-0.25, -0.2) is 9.97 Å². The smallest absolute Gasteiger partial charge is 0.265 e. The van der Waals surface area contributed by atoms with Crippen molar-refractivity contribution in [3.63, 3.8) is 0 Å². The fourth-order valence-electron chi connectivity index (χ4n) is 5.98. The van der Waals surface area contributed by atoms with Crippen LogP contribution in [0.15, 0.2) is 103 Å². The summed E-state index contributed by atoms with van der Waals surface area (Å²) in [5, 5.41) is 11.1. The van der Waals surface area contributed by atoms with Gasteiger partial charge in [0.2, 0.25) is 5.95 Å². The third-order valence-corrected chi connectivity index (χ3v) is 11.2. The van der Waals surface area contributed by atoms with Gasteiger partial charge in [-0.1, -0.05) is 24.3 Å². The predicted molar refractivity (Wildman–Crippen MR) is 212 cm³/mol. The fourth-order valence-corrected chi connectivity index (χ4v) is 7.72. The molecule has 5 heterocycles. The zero-order valence-electron chi connectivity index (χ0n) is 29.5. The van der Waals surface area contributed by atoms with E-state index in [0.717, 1.165) is 52.7 Å². The van der Waals surface area contributed by atoms with Crippen LogP contribution in [-0.2, 0) is 0 Å². The highest BCUT2D eigenvalue weighted by Crippen LogP contribution is 2.32. The van der Waals surface area contributed by atoms with Gasteiger partial charge in [-0.2, -0.15) is 0 Å². The molecule has 0 spiro atoms. The largest absolute Gasteiger partial charge is 0.336 e. The molecule has 0 saturated carbocycles. The average molecular weight is 743 g/mol. The van der Waals surface area contributed by atoms with E-state index in [2.05, 4.69) is 44.7 Å². The lowest BCUT2D eigenvalue weighted by Gasteiger charge is -2.37. The Morgan fingerprint density at radius 3 is 2.34 bits per heavy atom. The molecule has 0 aliphatic carbocycles. The number of carbonyl (C=O) groups excluding carboxylic acids is 3. The maximum absolute atomic E-state index is 13.3. The van der Waals surface area contributed by atoms with E-state index in [1.807, 2.05) is 83.9 Å². The van der Waals surface area contributed by atoms with Crippen molar-refractivity contribution in [3.05, 3.63) is 124 Å². The van der Waals surface area contributed by atoms with Crippen LogP contribution < -0.4 is 16.0 Å². The summed E-state index contributed by atoms with van der Waals surface area (Å²) in [6.07, 6.45) is 4.64. The standard InChI is InChI=1S/C40H38N8O3S2/c1-25(2)47-16-18-48(19-17-47)39(51)28-9-7-27(8-10-28)32-14-15-42-40(45-32)46-33-22-30(11-6-26(33)3)43-37(49)29-21-31(24-41-23-29)44-38(50)36-13-12-35(53-36)34-5-4-20-52-34/h4-15,20-25H,16-19H2,1-3H3,(H,43,49)(H,44,50)(H,42,45,46). The van der Waals surface area contributed by atoms with Crippen molar-refractivity contribution in [1.29, 1.82) is 0 Å². The molecule has 0 bridgehead atoms. The summed E-state index contributed by atoms with van der Waals surface area (Å²) >= 11 is 3.03. The molecule has 0 unspecified atom stereocenters. The lowest BCUT2D eigenvalue weighted by Crippen LogP contribution is -2.50. The van der Waals surface area contributed by atoms with Gasteiger partial charge in [-0.3, -0.25) is 24.3 Å². The van der Waals surface area contributed by atoms with E-state index in [1.165, 1.54) is 23.7 Å². The fraction of sp³-hybridized carbons (Fsp3) is 0.200. The Morgan fingerprint density at radius 2 is 1.58 bits per heavy atom. The molecule has 0 atom stereocenters. The summed E-state index contributed by atoms with van der Waals surface area (Å²) in [6, 6.07) is 24.6. The van der Waals surface area contributed by atoms with Gasteiger partial charge in [0.25, 0.3) is 17.7 Å². The molecule has 11 nitrogen and oxygen atoms in total. The predicted octanol–water partition coefficient (Wildman–Crippen LogP) is 8.05. The maximum atomic E-state index is 13.3. The summed E-state index contributed by atoms with van der Waals surface area (Å²) in [5.41, 5.74) is 5.13. The van der Waals surface area contributed by atoms with E-state index in [1.54, 1.807) is 29.7 Å². The normalized spacial score (nSPS) is 13.2. The Bertz CT molecular complexity index is 2240. The number of pyridine rings is 1. The number of benzene rings is 2. The molecule has 1 aliphatic rings. The van der Waals surface area contributed by atoms with E-state index in [0.29, 0.717) is 45.1 Å². The minimum Gasteiger partial charge on any atom is -0.336 e. The number of rotatable bonds is 10. The Labute approximate surface area is 315 Å². The number of carbonyl (C=O) groups is 3. The molecule has 3 N–H and O–H groups in total. The molecular formula is C40H38N8O3S2. The minimum atomic E-state index is -0.377. The Hall–Kier alpha value is -5.76. The molecule has 7 rings (SSSR count). The summed E-state index contributed by atoms with van der Waals surface area (Å²) in [4.78, 5) is 59.7. The van der Waals surface area contributed by atoms with Crippen LogP contribution in [0, 0.1) is 6.92 Å². The molecule has 6 aromatic rings. The van der Waals surface area contributed by atoms with Gasteiger partial charge in [0.15, 0.2) is 0 Å². The molecule has 53 heavy (non-hydrogen) atoms. The summed E-state index contributed by atoms with van der Waals surface area (Å²) in [6.45, 7) is 9.53. The van der Waals surface area contributed by atoms with Crippen LogP contribution in [0.5, 0.6) is 0 Å². The number of piperazine rings is 1. The van der Waals surface area contributed by atoms with Crippen LogP contribution >= 0.6 is 22.7 Å². The van der Waals surface area contributed by atoms with E-state index in [-0.39, 0.29) is 17.7 Å². The third kappa shape index (κ3) is 8.49. The van der Waals surface area contributed by atoms with Crippen LogP contribution in [-0.4, -0.2) is 74.7 Å². The second kappa shape index (κ2) is 15.9. The molecular weight excluding hydrogens is 705 g/mol. The number of thiophene rings is 2. The Kier molecular flexibility index (Phi) is 10.7. The number of hydrogen-bond acceptors (Lipinski definition) is 10. The first-order chi connectivity index (χ1) is 25.7. The topological polar surface area (TPSA) is 132 Å². The summed E-state index contributed by atoms with van der Waals surface area (Å²) < 4.78 is 0. The van der Waals surface area contributed by atoms with E-state index < -0.39 is 0 Å². The molecule has 1 aliphatic heterocycles. The van der Waals surface area contributed by atoms with Crippen molar-refractivity contribution >= 4 is 63.4 Å². The first-order valence-corrected chi connectivity index (χ1v) is 19.0. The number of nitrogens with one attached hydrogen (secondary N) is 3. The summed E-state index contributed by atoms with van der Waals surface area (Å²) in [5.74, 6) is -0.215. The van der Waals surface area contributed by atoms with Crippen LogP contribution in [0.4, 0.5) is 23.0 Å². The van der Waals surface area contributed by atoms with Crippen LogP contribution in [0.25, 0.3) is 21.0 Å². The van der Waals surface area contributed by atoms with E-state index in [4.69, 9.17) is 4.98 Å². The second-order valence-corrected chi connectivity index (χ2v) is 15.0. The van der Waals surface area contributed by atoms with Gasteiger partial charge < -0.3 is 20.9 Å². The van der Waals surface area contributed by atoms with Crippen molar-refractivity contribution in [3.8, 4) is 21.0 Å². The van der Waals surface area contributed by atoms with Crippen molar-refractivity contribution in [1.82, 2.24) is 24.8 Å². The SMILES string of the molecule is Cc1ccc(NC(=O)c2cncc(NC(=O)c3ccc(-c4cccs4)s3)c2)cc1Nc1nccc(-c2ccc(C(=O)N3CCN(C(C)C)CC3)cc2)n1. The van der Waals surface area contributed by atoms with Gasteiger partial charge in [0.1, 0.15) is 0 Å². The highest BCUT2D eigenvalue weighted by atomic mass is 32.1. The summed E-state index contributed by atoms with van der Waals surface area (Å²) in [7, 11) is 0. The Balaban J connectivity index is 0.979. The number of aryl methyl sites for hydroxylation is 1. The number of aromatic nitrogens is 3. The zero-order chi connectivity index (χ0) is 36.9. The molecule has 268 valence electrons. The monoisotopic (exact) mass is 742 g/mol. The number of anilines is 4. The number of nitrogens with zero attached hydrogens (tertiary/aromatic N) is 5. The van der Waals surface area contributed by atoms with Crippen molar-refractivity contribution in [2.24, 2.45) is 0 Å². The first-order valence-electron chi connectivity index (χ1n) is 17.3. The van der Waals surface area contributed by atoms with Gasteiger partial charge in [-0.15, -0.1) is 22.7 Å². The van der Waals surface area contributed by atoms with Crippen LogP contribution in [0.1, 0.15) is 49.8 Å². The molecule has 2 aromatic carbocycles. The lowest BCUT2D eigenvalue weighted by atomic mass is 10.1. The van der Waals surface area contributed by atoms with Crippen molar-refractivity contribution in [2.45, 2.75) is 26.8 Å². The van der Waals surface area contributed by atoms with Crippen LogP contribution in [0.2, 0.25) is 0 Å². The quantitative estimate of drug-likeness (QED) is 0.129. The van der Waals surface area contributed by atoms with Gasteiger partial charge in [0, 0.05) is 76.9 Å². The lowest BCUT2D eigenvalue weighted by molar-refractivity contribution is 0.0595. The third-order valence-electron chi connectivity index (χ3n) is 9.01. The molecule has 0 radical (unpaired) electrons. The van der Waals surface area contributed by atoms with Crippen molar-refractivity contribution < 1.29 is 14.4 Å². The highest BCUT2D eigenvalue weighted by Gasteiger charge is 2.23. The van der Waals surface area contributed by atoms with Gasteiger partial charge >= 0.3 is 0 Å². The van der Waals surface area contributed by atoms with Crippen LogP contribution in [0.3, 0.4) is 0 Å². The molecule has 3 amide bonds. The molecule has 4 aromatic heterocycles. The molecule has 1 fully saturated rings. The Morgan fingerprint density at radius 1 is 0.792 bits per heavy atom. The maximum Gasteiger partial charge on any atom is 0.265 e. The van der Waals surface area contributed by atoms with Gasteiger partial charge in [0.05, 0.1) is 28.0 Å². The number of amides is 3. The zero-order valence-corrected chi connectivity index (χ0v) is 31.1.